The number of ether oxygens (including phenoxy) is 3. The molecule has 2 aromatic heterocycles. The predicted octanol–water partition coefficient (Wildman–Crippen LogP) is 4.92. The first kappa shape index (κ1) is 21.5. The average molecular weight is 463 g/mol. The molecule has 1 aromatic carbocycles. The summed E-state index contributed by atoms with van der Waals surface area (Å²) < 4.78 is 18.5. The van der Waals surface area contributed by atoms with Crippen LogP contribution in [0.3, 0.4) is 0 Å². The van der Waals surface area contributed by atoms with E-state index in [9.17, 15) is 0 Å². The van der Waals surface area contributed by atoms with Crippen LogP contribution in [-0.4, -0.2) is 37.2 Å². The van der Waals surface area contributed by atoms with E-state index in [-0.39, 0.29) is 0 Å². The van der Waals surface area contributed by atoms with Gasteiger partial charge in [-0.05, 0) is 48.9 Å². The monoisotopic (exact) mass is 462 g/mol. The molecular weight excluding hydrogens is 436 g/mol. The highest BCUT2D eigenvalue weighted by Gasteiger charge is 2.34. The highest BCUT2D eigenvalue weighted by molar-refractivity contribution is 7.07. The number of benzene rings is 1. The van der Waals surface area contributed by atoms with Gasteiger partial charge in [0.2, 0.25) is 10.6 Å². The van der Waals surface area contributed by atoms with Crippen LogP contribution in [-0.2, 0) is 0 Å². The zero-order chi connectivity index (χ0) is 22.8. The van der Waals surface area contributed by atoms with Gasteiger partial charge in [0, 0.05) is 29.3 Å². The van der Waals surface area contributed by atoms with E-state index >= 15 is 0 Å². The molecular formula is C25H26N4O3S. The summed E-state index contributed by atoms with van der Waals surface area (Å²) in [5, 5.41) is 6.98. The van der Waals surface area contributed by atoms with Gasteiger partial charge in [-0.1, -0.05) is 12.2 Å². The van der Waals surface area contributed by atoms with Crippen LogP contribution in [0.5, 0.6) is 17.2 Å². The van der Waals surface area contributed by atoms with Crippen molar-refractivity contribution in [3.05, 3.63) is 59.0 Å². The number of hydrogen-bond donors (Lipinski definition) is 0. The van der Waals surface area contributed by atoms with Gasteiger partial charge in [0.25, 0.3) is 0 Å². The first-order chi connectivity index (χ1) is 16.2. The molecule has 3 aromatic rings. The SMILES string of the molecule is COc1cc(-c2csc(=Nc3cccnc3)n2N=CC2CC3C=CC2C3)cc(OC)c1OC. The third-order valence-corrected chi connectivity index (χ3v) is 7.04. The molecule has 7 nitrogen and oxygen atoms in total. The van der Waals surface area contributed by atoms with E-state index in [1.807, 2.05) is 34.3 Å². The number of thiazole rings is 1. The fraction of sp³-hybridized carbons (Fsp3) is 0.320. The molecule has 1 fully saturated rings. The topological polar surface area (TPSA) is 70.2 Å². The molecule has 0 radical (unpaired) electrons. The molecule has 2 aliphatic rings. The minimum Gasteiger partial charge on any atom is -0.493 e. The summed E-state index contributed by atoms with van der Waals surface area (Å²) in [5.74, 6) is 3.47. The van der Waals surface area contributed by atoms with Crippen molar-refractivity contribution in [2.45, 2.75) is 12.8 Å². The molecule has 0 amide bonds. The van der Waals surface area contributed by atoms with E-state index in [2.05, 4.69) is 23.4 Å². The minimum atomic E-state index is 0.450. The van der Waals surface area contributed by atoms with Crippen LogP contribution < -0.4 is 19.0 Å². The average Bonchev–Trinajstić information content (AvgIpc) is 3.58. The molecule has 3 unspecified atom stereocenters. The van der Waals surface area contributed by atoms with Crippen molar-refractivity contribution in [3.63, 3.8) is 0 Å². The number of allylic oxidation sites excluding steroid dienone is 2. The maximum absolute atomic E-state index is 5.57. The van der Waals surface area contributed by atoms with Crippen LogP contribution in [0.2, 0.25) is 0 Å². The lowest BCUT2D eigenvalue weighted by Gasteiger charge is -2.15. The zero-order valence-electron chi connectivity index (χ0n) is 18.8. The maximum Gasteiger partial charge on any atom is 0.211 e. The Morgan fingerprint density at radius 1 is 1.09 bits per heavy atom. The Morgan fingerprint density at radius 2 is 1.91 bits per heavy atom. The van der Waals surface area contributed by atoms with Crippen LogP contribution in [0.25, 0.3) is 11.3 Å². The van der Waals surface area contributed by atoms with Crippen molar-refractivity contribution < 1.29 is 14.2 Å². The lowest BCUT2D eigenvalue weighted by Crippen LogP contribution is -2.15. The van der Waals surface area contributed by atoms with Gasteiger partial charge in [-0.3, -0.25) is 4.98 Å². The summed E-state index contributed by atoms with van der Waals surface area (Å²) in [6, 6.07) is 7.68. The molecule has 2 bridgehead atoms. The van der Waals surface area contributed by atoms with E-state index in [4.69, 9.17) is 24.3 Å². The van der Waals surface area contributed by atoms with Crippen molar-refractivity contribution >= 4 is 23.2 Å². The third kappa shape index (κ3) is 4.18. The predicted molar refractivity (Wildman–Crippen MR) is 130 cm³/mol. The fourth-order valence-electron chi connectivity index (χ4n) is 4.59. The van der Waals surface area contributed by atoms with Gasteiger partial charge in [-0.25, -0.2) is 9.67 Å². The second-order valence-corrected chi connectivity index (χ2v) is 9.00. The third-order valence-electron chi connectivity index (χ3n) is 6.22. The van der Waals surface area contributed by atoms with Gasteiger partial charge in [-0.15, -0.1) is 11.3 Å². The van der Waals surface area contributed by atoms with Gasteiger partial charge >= 0.3 is 0 Å². The Labute approximate surface area is 196 Å². The second-order valence-electron chi connectivity index (χ2n) is 8.16. The molecule has 170 valence electrons. The Hall–Kier alpha value is -3.39. The van der Waals surface area contributed by atoms with Crippen LogP contribution in [0.15, 0.2) is 64.3 Å². The molecule has 0 saturated heterocycles. The zero-order valence-corrected chi connectivity index (χ0v) is 19.7. The van der Waals surface area contributed by atoms with Gasteiger partial charge in [0.1, 0.15) is 0 Å². The lowest BCUT2D eigenvalue weighted by atomic mass is 9.95. The van der Waals surface area contributed by atoms with Crippen LogP contribution >= 0.6 is 11.3 Å². The molecule has 0 aliphatic heterocycles. The molecule has 3 atom stereocenters. The van der Waals surface area contributed by atoms with E-state index in [1.54, 1.807) is 33.7 Å². The summed E-state index contributed by atoms with van der Waals surface area (Å²) in [6.45, 7) is 0. The standard InChI is InChI=1S/C25H26N4O3S/c1-30-22-11-18(12-23(31-2)24(22)32-3)21-15-33-25(28-20-5-4-8-26-14-20)29(21)27-13-19-10-16-6-7-17(19)9-16/h4-8,11-17,19H,9-10H2,1-3H3. The number of rotatable bonds is 7. The summed E-state index contributed by atoms with van der Waals surface area (Å²) in [6.07, 6.45) is 12.6. The smallest absolute Gasteiger partial charge is 0.211 e. The number of fused-ring (bicyclic) bond motifs is 2. The minimum absolute atomic E-state index is 0.450. The second kappa shape index (κ2) is 9.23. The maximum atomic E-state index is 5.57. The van der Waals surface area contributed by atoms with Crippen molar-refractivity contribution in [3.8, 4) is 28.5 Å². The number of nitrogens with zero attached hydrogens (tertiary/aromatic N) is 4. The highest BCUT2D eigenvalue weighted by Crippen LogP contribution is 2.43. The molecule has 8 heteroatoms. The number of aromatic nitrogens is 2. The summed E-state index contributed by atoms with van der Waals surface area (Å²) in [7, 11) is 4.84. The van der Waals surface area contributed by atoms with Crippen molar-refractivity contribution in [1.29, 1.82) is 0 Å². The lowest BCUT2D eigenvalue weighted by molar-refractivity contribution is 0.324. The van der Waals surface area contributed by atoms with E-state index in [0.717, 1.165) is 28.2 Å². The Balaban J connectivity index is 1.62. The summed E-state index contributed by atoms with van der Waals surface area (Å²) in [5.41, 5.74) is 2.58. The van der Waals surface area contributed by atoms with Gasteiger partial charge < -0.3 is 14.2 Å². The van der Waals surface area contributed by atoms with Crippen LogP contribution in [0, 0.1) is 17.8 Å². The largest absolute Gasteiger partial charge is 0.493 e. The first-order valence-corrected chi connectivity index (χ1v) is 11.8. The normalized spacial score (nSPS) is 21.8. The number of pyridine rings is 1. The number of methoxy groups -OCH3 is 3. The van der Waals surface area contributed by atoms with Gasteiger partial charge in [0.05, 0.1) is 38.9 Å². The summed E-state index contributed by atoms with van der Waals surface area (Å²) in [4.78, 5) is 9.75. The molecule has 1 saturated carbocycles. The Kier molecular flexibility index (Phi) is 6.00. The van der Waals surface area contributed by atoms with Crippen molar-refractivity contribution in [1.82, 2.24) is 9.66 Å². The van der Waals surface area contributed by atoms with Crippen LogP contribution in [0.4, 0.5) is 5.69 Å². The van der Waals surface area contributed by atoms with E-state index < -0.39 is 0 Å². The first-order valence-electron chi connectivity index (χ1n) is 10.9. The molecule has 2 aliphatic carbocycles. The molecule has 33 heavy (non-hydrogen) atoms. The van der Waals surface area contributed by atoms with Gasteiger partial charge in [-0.2, -0.15) is 5.10 Å². The van der Waals surface area contributed by atoms with Gasteiger partial charge in [0.15, 0.2) is 11.5 Å². The highest BCUT2D eigenvalue weighted by atomic mass is 32.1. The fourth-order valence-corrected chi connectivity index (χ4v) is 5.45. The Morgan fingerprint density at radius 3 is 2.52 bits per heavy atom. The molecule has 0 spiro atoms. The Bertz CT molecular complexity index is 1240. The van der Waals surface area contributed by atoms with Crippen molar-refractivity contribution in [2.75, 3.05) is 21.3 Å². The van der Waals surface area contributed by atoms with Crippen LogP contribution in [0.1, 0.15) is 12.8 Å². The van der Waals surface area contributed by atoms with E-state index in [0.29, 0.717) is 35.0 Å². The quantitative estimate of drug-likeness (QED) is 0.369. The van der Waals surface area contributed by atoms with Crippen molar-refractivity contribution in [2.24, 2.45) is 27.8 Å². The van der Waals surface area contributed by atoms with E-state index in [1.165, 1.54) is 17.8 Å². The molecule has 5 rings (SSSR count). The molecule has 2 heterocycles. The summed E-state index contributed by atoms with van der Waals surface area (Å²) >= 11 is 1.53. The number of hydrogen-bond acceptors (Lipinski definition) is 7. The molecule has 0 N–H and O–H groups in total.